The van der Waals surface area contributed by atoms with Gasteiger partial charge >= 0.3 is 0 Å². The number of nitrogens with two attached hydrogens (primary N) is 1. The average Bonchev–Trinajstić information content (AvgIpc) is 2.41. The summed E-state index contributed by atoms with van der Waals surface area (Å²) in [5, 5.41) is 13.3. The number of carbonyl (C=O) groups is 1. The van der Waals surface area contributed by atoms with Crippen molar-refractivity contribution in [2.75, 3.05) is 11.1 Å². The molecule has 20 heavy (non-hydrogen) atoms. The zero-order chi connectivity index (χ0) is 14.7. The molecular weight excluding hydrogens is 282 g/mol. The molecule has 7 heteroatoms. The Morgan fingerprint density at radius 3 is 2.60 bits per heavy atom. The molecule has 0 saturated heterocycles. The minimum atomic E-state index is -0.616. The summed E-state index contributed by atoms with van der Waals surface area (Å²) in [6.45, 7) is 0. The van der Waals surface area contributed by atoms with E-state index in [9.17, 15) is 14.9 Å². The van der Waals surface area contributed by atoms with E-state index >= 15 is 0 Å². The fraction of sp³-hybridized carbons (Fsp3) is 0. The Morgan fingerprint density at radius 1 is 1.25 bits per heavy atom. The van der Waals surface area contributed by atoms with Crippen molar-refractivity contribution in [2.45, 2.75) is 0 Å². The van der Waals surface area contributed by atoms with Gasteiger partial charge in [-0.15, -0.1) is 0 Å². The topological polar surface area (TPSA) is 98.3 Å². The largest absolute Gasteiger partial charge is 0.398 e. The smallest absolute Gasteiger partial charge is 0.289 e. The highest BCUT2D eigenvalue weighted by molar-refractivity contribution is 6.32. The summed E-state index contributed by atoms with van der Waals surface area (Å²) in [6.07, 6.45) is 0. The van der Waals surface area contributed by atoms with E-state index < -0.39 is 10.8 Å². The highest BCUT2D eigenvalue weighted by Crippen LogP contribution is 2.27. The van der Waals surface area contributed by atoms with Crippen LogP contribution in [0.1, 0.15) is 10.4 Å². The van der Waals surface area contributed by atoms with Crippen LogP contribution in [0.4, 0.5) is 17.1 Å². The van der Waals surface area contributed by atoms with Crippen molar-refractivity contribution in [2.24, 2.45) is 0 Å². The van der Waals surface area contributed by atoms with Gasteiger partial charge in [-0.3, -0.25) is 14.9 Å². The molecule has 2 aromatic rings. The van der Waals surface area contributed by atoms with Crippen LogP contribution in [0.5, 0.6) is 0 Å². The standard InChI is InChI=1S/C13H10ClN3O3/c14-10-6-5-8(7-12(10)17(19)20)16-13(18)9-3-1-2-4-11(9)15/h1-7H,15H2,(H,16,18). The van der Waals surface area contributed by atoms with Crippen LogP contribution in [0.2, 0.25) is 5.02 Å². The molecule has 2 rings (SSSR count). The van der Waals surface area contributed by atoms with Crippen molar-refractivity contribution in [3.05, 3.63) is 63.2 Å². The van der Waals surface area contributed by atoms with Gasteiger partial charge in [0, 0.05) is 17.4 Å². The molecule has 2 aromatic carbocycles. The lowest BCUT2D eigenvalue weighted by Gasteiger charge is -2.07. The van der Waals surface area contributed by atoms with E-state index in [2.05, 4.69) is 5.32 Å². The number of nitro groups is 1. The first-order valence-electron chi connectivity index (χ1n) is 5.59. The van der Waals surface area contributed by atoms with Gasteiger partial charge in [0.2, 0.25) is 0 Å². The number of para-hydroxylation sites is 1. The van der Waals surface area contributed by atoms with Gasteiger partial charge in [0.05, 0.1) is 10.5 Å². The Labute approximate surface area is 119 Å². The molecule has 0 bridgehead atoms. The monoisotopic (exact) mass is 291 g/mol. The Kier molecular flexibility index (Phi) is 3.86. The first-order chi connectivity index (χ1) is 9.49. The zero-order valence-corrected chi connectivity index (χ0v) is 10.9. The van der Waals surface area contributed by atoms with Gasteiger partial charge in [-0.1, -0.05) is 23.7 Å². The molecule has 0 heterocycles. The fourth-order valence-electron chi connectivity index (χ4n) is 1.63. The highest BCUT2D eigenvalue weighted by atomic mass is 35.5. The van der Waals surface area contributed by atoms with E-state index in [1.54, 1.807) is 24.3 Å². The van der Waals surface area contributed by atoms with E-state index in [0.29, 0.717) is 11.3 Å². The molecule has 0 aromatic heterocycles. The molecule has 0 aliphatic carbocycles. The van der Waals surface area contributed by atoms with Gasteiger partial charge < -0.3 is 11.1 Å². The number of rotatable bonds is 3. The third-order valence-corrected chi connectivity index (χ3v) is 2.93. The molecule has 3 N–H and O–H groups in total. The number of nitro benzene ring substituents is 1. The van der Waals surface area contributed by atoms with Crippen LogP contribution in [-0.2, 0) is 0 Å². The lowest BCUT2D eigenvalue weighted by molar-refractivity contribution is -0.384. The summed E-state index contributed by atoms with van der Waals surface area (Å²) in [6, 6.07) is 10.6. The average molecular weight is 292 g/mol. The highest BCUT2D eigenvalue weighted by Gasteiger charge is 2.15. The van der Waals surface area contributed by atoms with Gasteiger partial charge in [-0.2, -0.15) is 0 Å². The van der Waals surface area contributed by atoms with Crippen LogP contribution < -0.4 is 11.1 Å². The number of hydrogen-bond donors (Lipinski definition) is 2. The van der Waals surface area contributed by atoms with Gasteiger partial charge in [0.1, 0.15) is 5.02 Å². The quantitative estimate of drug-likeness (QED) is 0.516. The summed E-state index contributed by atoms with van der Waals surface area (Å²) in [7, 11) is 0. The number of anilines is 2. The second-order valence-electron chi connectivity index (χ2n) is 3.96. The van der Waals surface area contributed by atoms with Gasteiger partial charge in [0.25, 0.3) is 11.6 Å². The molecule has 102 valence electrons. The number of halogens is 1. The number of amides is 1. The molecule has 0 saturated carbocycles. The molecule has 0 spiro atoms. The third-order valence-electron chi connectivity index (χ3n) is 2.61. The normalized spacial score (nSPS) is 10.1. The van der Waals surface area contributed by atoms with E-state index in [0.717, 1.165) is 0 Å². The third kappa shape index (κ3) is 2.86. The molecule has 0 unspecified atom stereocenters. The van der Waals surface area contributed by atoms with Crippen LogP contribution in [0, 0.1) is 10.1 Å². The molecule has 0 radical (unpaired) electrons. The maximum atomic E-state index is 12.0. The Morgan fingerprint density at radius 2 is 1.95 bits per heavy atom. The summed E-state index contributed by atoms with van der Waals surface area (Å²) in [4.78, 5) is 22.2. The van der Waals surface area contributed by atoms with E-state index in [1.165, 1.54) is 18.2 Å². The molecule has 0 fully saturated rings. The van der Waals surface area contributed by atoms with E-state index in [-0.39, 0.29) is 16.4 Å². The number of nitrogens with one attached hydrogen (secondary N) is 1. The van der Waals surface area contributed by atoms with Crippen LogP contribution in [0.3, 0.4) is 0 Å². The van der Waals surface area contributed by atoms with Gasteiger partial charge in [-0.25, -0.2) is 0 Å². The Bertz CT molecular complexity index is 688. The van der Waals surface area contributed by atoms with Crippen LogP contribution in [0.15, 0.2) is 42.5 Å². The first-order valence-corrected chi connectivity index (χ1v) is 5.96. The predicted molar refractivity (Wildman–Crippen MR) is 76.9 cm³/mol. The lowest BCUT2D eigenvalue weighted by Crippen LogP contribution is -2.14. The second kappa shape index (κ2) is 5.58. The van der Waals surface area contributed by atoms with Crippen molar-refractivity contribution in [1.29, 1.82) is 0 Å². The van der Waals surface area contributed by atoms with E-state index in [4.69, 9.17) is 17.3 Å². The van der Waals surface area contributed by atoms with Crippen molar-refractivity contribution < 1.29 is 9.72 Å². The van der Waals surface area contributed by atoms with Crippen molar-refractivity contribution in [3.63, 3.8) is 0 Å². The number of carbonyl (C=O) groups excluding carboxylic acids is 1. The minimum Gasteiger partial charge on any atom is -0.398 e. The predicted octanol–water partition coefficient (Wildman–Crippen LogP) is 3.08. The molecule has 6 nitrogen and oxygen atoms in total. The van der Waals surface area contributed by atoms with Crippen molar-refractivity contribution in [3.8, 4) is 0 Å². The lowest BCUT2D eigenvalue weighted by atomic mass is 10.1. The first kappa shape index (κ1) is 13.8. The maximum Gasteiger partial charge on any atom is 0.289 e. The number of hydrogen-bond acceptors (Lipinski definition) is 4. The molecule has 0 aliphatic rings. The van der Waals surface area contributed by atoms with Crippen LogP contribution in [0.25, 0.3) is 0 Å². The molecule has 0 aliphatic heterocycles. The summed E-state index contributed by atoms with van der Waals surface area (Å²) in [5.74, 6) is -0.445. The fourth-order valence-corrected chi connectivity index (χ4v) is 1.82. The van der Waals surface area contributed by atoms with E-state index in [1.807, 2.05) is 0 Å². The molecular formula is C13H10ClN3O3. The zero-order valence-electron chi connectivity index (χ0n) is 10.2. The molecule has 0 atom stereocenters. The summed E-state index contributed by atoms with van der Waals surface area (Å²) in [5.41, 5.74) is 6.31. The second-order valence-corrected chi connectivity index (χ2v) is 4.37. The maximum absolute atomic E-state index is 12.0. The van der Waals surface area contributed by atoms with Crippen LogP contribution in [-0.4, -0.2) is 10.8 Å². The Balaban J connectivity index is 2.27. The summed E-state index contributed by atoms with van der Waals surface area (Å²) >= 11 is 5.70. The Hall–Kier alpha value is -2.60. The summed E-state index contributed by atoms with van der Waals surface area (Å²) < 4.78 is 0. The number of benzene rings is 2. The van der Waals surface area contributed by atoms with Crippen molar-refractivity contribution in [1.82, 2.24) is 0 Å². The van der Waals surface area contributed by atoms with Crippen molar-refractivity contribution >= 4 is 34.6 Å². The molecule has 1 amide bonds. The SMILES string of the molecule is Nc1ccccc1C(=O)Nc1ccc(Cl)c([N+](=O)[O-])c1. The number of nitrogen functional groups attached to an aromatic ring is 1. The minimum absolute atomic E-state index is 0.00669. The van der Waals surface area contributed by atoms with Gasteiger partial charge in [0.15, 0.2) is 0 Å². The number of nitrogens with zero attached hydrogens (tertiary/aromatic N) is 1. The van der Waals surface area contributed by atoms with Gasteiger partial charge in [-0.05, 0) is 24.3 Å². The van der Waals surface area contributed by atoms with Crippen LogP contribution >= 0.6 is 11.6 Å².